The number of carbonyl (C=O) groups is 1. The van der Waals surface area contributed by atoms with E-state index in [1.54, 1.807) is 29.1 Å². The molecule has 0 bridgehead atoms. The molecular formula is C13H12N4O2. The van der Waals surface area contributed by atoms with Gasteiger partial charge in [-0.3, -0.25) is 9.36 Å². The summed E-state index contributed by atoms with van der Waals surface area (Å²) in [5.41, 5.74) is 0.949. The molecule has 0 saturated heterocycles. The minimum Gasteiger partial charge on any atom is -0.478 e. The highest BCUT2D eigenvalue weighted by Crippen LogP contribution is 2.14. The maximum absolute atomic E-state index is 10.9. The molecule has 3 aromatic rings. The van der Waals surface area contributed by atoms with Crippen molar-refractivity contribution in [3.05, 3.63) is 48.4 Å². The number of carboxylic acid groups (broad SMARTS) is 1. The number of carboxylic acids is 1. The summed E-state index contributed by atoms with van der Waals surface area (Å²) in [7, 11) is 0. The maximum atomic E-state index is 10.9. The van der Waals surface area contributed by atoms with Gasteiger partial charge in [0.15, 0.2) is 0 Å². The SMILES string of the molecule is O=C(O)c1ccc2cn(CCn3cccn3)nc2c1. The van der Waals surface area contributed by atoms with Crippen LogP contribution in [0.2, 0.25) is 0 Å². The fourth-order valence-electron chi connectivity index (χ4n) is 1.95. The molecular weight excluding hydrogens is 244 g/mol. The molecule has 0 fully saturated rings. The van der Waals surface area contributed by atoms with Gasteiger partial charge in [0.2, 0.25) is 0 Å². The fourth-order valence-corrected chi connectivity index (χ4v) is 1.95. The Morgan fingerprint density at radius 2 is 2.11 bits per heavy atom. The van der Waals surface area contributed by atoms with Gasteiger partial charge in [-0.25, -0.2) is 4.79 Å². The van der Waals surface area contributed by atoms with Crippen LogP contribution in [0.1, 0.15) is 10.4 Å². The number of hydrogen-bond donors (Lipinski definition) is 1. The van der Waals surface area contributed by atoms with Crippen molar-refractivity contribution < 1.29 is 9.90 Å². The molecule has 19 heavy (non-hydrogen) atoms. The van der Waals surface area contributed by atoms with Crippen molar-refractivity contribution in [3.8, 4) is 0 Å². The summed E-state index contributed by atoms with van der Waals surface area (Å²) in [5.74, 6) is -0.937. The fraction of sp³-hybridized carbons (Fsp3) is 0.154. The van der Waals surface area contributed by atoms with Gasteiger partial charge < -0.3 is 5.11 Å². The molecule has 1 aromatic carbocycles. The van der Waals surface area contributed by atoms with Gasteiger partial charge in [0.1, 0.15) is 0 Å². The standard InChI is InChI=1S/C13H12N4O2/c18-13(19)10-2-3-11-9-17(15-12(11)8-10)7-6-16-5-1-4-14-16/h1-5,8-9H,6-7H2,(H,18,19). The van der Waals surface area contributed by atoms with E-state index in [-0.39, 0.29) is 5.56 Å². The van der Waals surface area contributed by atoms with Crippen LogP contribution < -0.4 is 0 Å². The van der Waals surface area contributed by atoms with Gasteiger partial charge in [-0.1, -0.05) is 6.07 Å². The Kier molecular flexibility index (Phi) is 2.75. The Morgan fingerprint density at radius 1 is 1.26 bits per heavy atom. The van der Waals surface area contributed by atoms with Crippen molar-refractivity contribution in [2.24, 2.45) is 0 Å². The molecule has 3 rings (SSSR count). The quantitative estimate of drug-likeness (QED) is 0.770. The number of aromatic nitrogens is 4. The van der Waals surface area contributed by atoms with Gasteiger partial charge >= 0.3 is 5.97 Å². The van der Waals surface area contributed by atoms with Crippen molar-refractivity contribution in [3.63, 3.8) is 0 Å². The second kappa shape index (κ2) is 4.56. The average molecular weight is 256 g/mol. The molecule has 6 nitrogen and oxygen atoms in total. The van der Waals surface area contributed by atoms with E-state index >= 15 is 0 Å². The van der Waals surface area contributed by atoms with Crippen LogP contribution in [0.15, 0.2) is 42.9 Å². The van der Waals surface area contributed by atoms with Crippen LogP contribution in [0, 0.1) is 0 Å². The Hall–Kier alpha value is -2.63. The smallest absolute Gasteiger partial charge is 0.335 e. The number of benzene rings is 1. The van der Waals surface area contributed by atoms with E-state index in [1.165, 1.54) is 0 Å². The van der Waals surface area contributed by atoms with Crippen molar-refractivity contribution in [1.29, 1.82) is 0 Å². The highest BCUT2D eigenvalue weighted by Gasteiger charge is 2.06. The second-order valence-electron chi connectivity index (χ2n) is 4.24. The van der Waals surface area contributed by atoms with E-state index in [0.717, 1.165) is 11.9 Å². The number of hydrogen-bond acceptors (Lipinski definition) is 3. The van der Waals surface area contributed by atoms with Crippen molar-refractivity contribution in [1.82, 2.24) is 19.6 Å². The van der Waals surface area contributed by atoms with Gasteiger partial charge in [0, 0.05) is 24.0 Å². The van der Waals surface area contributed by atoms with E-state index in [4.69, 9.17) is 5.11 Å². The van der Waals surface area contributed by atoms with Crippen LogP contribution in [0.25, 0.3) is 10.9 Å². The van der Waals surface area contributed by atoms with E-state index in [0.29, 0.717) is 12.1 Å². The predicted molar refractivity (Wildman–Crippen MR) is 68.9 cm³/mol. The van der Waals surface area contributed by atoms with Crippen LogP contribution in [0.3, 0.4) is 0 Å². The van der Waals surface area contributed by atoms with Crippen LogP contribution in [-0.4, -0.2) is 30.6 Å². The molecule has 0 atom stereocenters. The van der Waals surface area contributed by atoms with Crippen LogP contribution in [0.5, 0.6) is 0 Å². The number of fused-ring (bicyclic) bond motifs is 1. The molecule has 0 unspecified atom stereocenters. The molecule has 0 saturated carbocycles. The van der Waals surface area contributed by atoms with Crippen molar-refractivity contribution in [2.75, 3.05) is 0 Å². The summed E-state index contributed by atoms with van der Waals surface area (Å²) in [6, 6.07) is 6.82. The lowest BCUT2D eigenvalue weighted by Gasteiger charge is -2.00. The van der Waals surface area contributed by atoms with E-state index < -0.39 is 5.97 Å². The zero-order valence-corrected chi connectivity index (χ0v) is 10.1. The first kappa shape index (κ1) is 11.5. The van der Waals surface area contributed by atoms with Gasteiger partial charge in [-0.15, -0.1) is 0 Å². The number of aromatic carboxylic acids is 1. The largest absolute Gasteiger partial charge is 0.478 e. The number of rotatable bonds is 4. The van der Waals surface area contributed by atoms with Gasteiger partial charge in [-0.05, 0) is 18.2 Å². The zero-order chi connectivity index (χ0) is 13.2. The third-order valence-corrected chi connectivity index (χ3v) is 2.92. The molecule has 96 valence electrons. The molecule has 0 aliphatic heterocycles. The first-order valence-corrected chi connectivity index (χ1v) is 5.90. The Bertz CT molecular complexity index is 715. The average Bonchev–Trinajstić information content (AvgIpc) is 3.04. The van der Waals surface area contributed by atoms with Gasteiger partial charge in [-0.2, -0.15) is 10.2 Å². The monoisotopic (exact) mass is 256 g/mol. The van der Waals surface area contributed by atoms with Gasteiger partial charge in [0.05, 0.1) is 24.2 Å². The third-order valence-electron chi connectivity index (χ3n) is 2.92. The Balaban J connectivity index is 1.83. The number of aryl methyl sites for hydroxylation is 2. The molecule has 0 spiro atoms. The molecule has 6 heteroatoms. The topological polar surface area (TPSA) is 72.9 Å². The lowest BCUT2D eigenvalue weighted by molar-refractivity contribution is 0.0697. The second-order valence-corrected chi connectivity index (χ2v) is 4.24. The molecule has 0 aliphatic carbocycles. The van der Waals surface area contributed by atoms with Crippen molar-refractivity contribution >= 4 is 16.9 Å². The summed E-state index contributed by atoms with van der Waals surface area (Å²) in [6.07, 6.45) is 5.54. The first-order chi connectivity index (χ1) is 9.22. The van der Waals surface area contributed by atoms with Crippen molar-refractivity contribution in [2.45, 2.75) is 13.1 Å². The van der Waals surface area contributed by atoms with E-state index in [9.17, 15) is 4.79 Å². The van der Waals surface area contributed by atoms with Crippen LogP contribution in [0.4, 0.5) is 0 Å². The summed E-state index contributed by atoms with van der Waals surface area (Å²) in [5, 5.41) is 18.4. The molecule has 1 N–H and O–H groups in total. The lowest BCUT2D eigenvalue weighted by atomic mass is 10.2. The number of nitrogens with zero attached hydrogens (tertiary/aromatic N) is 4. The summed E-state index contributed by atoms with van der Waals surface area (Å²) in [6.45, 7) is 1.42. The third kappa shape index (κ3) is 2.33. The first-order valence-electron chi connectivity index (χ1n) is 5.90. The highest BCUT2D eigenvalue weighted by molar-refractivity contribution is 5.92. The summed E-state index contributed by atoms with van der Waals surface area (Å²) >= 11 is 0. The van der Waals surface area contributed by atoms with Crippen LogP contribution >= 0.6 is 0 Å². The molecule has 2 aromatic heterocycles. The summed E-state index contributed by atoms with van der Waals surface area (Å²) < 4.78 is 3.63. The van der Waals surface area contributed by atoms with Gasteiger partial charge in [0.25, 0.3) is 0 Å². The normalized spacial score (nSPS) is 10.9. The molecule has 0 radical (unpaired) electrons. The Labute approximate surface area is 108 Å². The zero-order valence-electron chi connectivity index (χ0n) is 10.1. The van der Waals surface area contributed by atoms with Crippen LogP contribution in [-0.2, 0) is 13.1 Å². The molecule has 0 aliphatic rings. The molecule has 0 amide bonds. The highest BCUT2D eigenvalue weighted by atomic mass is 16.4. The predicted octanol–water partition coefficient (Wildman–Crippen LogP) is 1.63. The Morgan fingerprint density at radius 3 is 2.84 bits per heavy atom. The molecule has 2 heterocycles. The van der Waals surface area contributed by atoms with E-state index in [1.807, 2.05) is 23.1 Å². The lowest BCUT2D eigenvalue weighted by Crippen LogP contribution is -2.07. The minimum atomic E-state index is -0.937. The maximum Gasteiger partial charge on any atom is 0.335 e. The minimum absolute atomic E-state index is 0.254. The van der Waals surface area contributed by atoms with E-state index in [2.05, 4.69) is 10.2 Å². The summed E-state index contributed by atoms with van der Waals surface area (Å²) in [4.78, 5) is 10.9.